The maximum Gasteiger partial charge on any atom is 0.163 e. The zero-order chi connectivity index (χ0) is 14.6. The van der Waals surface area contributed by atoms with Crippen LogP contribution in [0.4, 0.5) is 8.78 Å². The van der Waals surface area contributed by atoms with Crippen molar-refractivity contribution in [2.75, 3.05) is 0 Å². The van der Waals surface area contributed by atoms with Gasteiger partial charge in [-0.2, -0.15) is 0 Å². The van der Waals surface area contributed by atoms with E-state index in [4.69, 9.17) is 0 Å². The van der Waals surface area contributed by atoms with Gasteiger partial charge in [-0.05, 0) is 47.6 Å². The second-order valence-electron chi connectivity index (χ2n) is 5.60. The number of fused-ring (bicyclic) bond motifs is 4. The Morgan fingerprint density at radius 2 is 1.81 bits per heavy atom. The van der Waals surface area contributed by atoms with Crippen LogP contribution in [0.2, 0.25) is 0 Å². The van der Waals surface area contributed by atoms with Gasteiger partial charge in [0.25, 0.3) is 0 Å². The van der Waals surface area contributed by atoms with Crippen LogP contribution in [0.3, 0.4) is 0 Å². The van der Waals surface area contributed by atoms with E-state index in [0.29, 0.717) is 11.3 Å². The average Bonchev–Trinajstić information content (AvgIpc) is 2.91. The lowest BCUT2D eigenvalue weighted by Gasteiger charge is -2.16. The van der Waals surface area contributed by atoms with Gasteiger partial charge in [0.2, 0.25) is 0 Å². The van der Waals surface area contributed by atoms with Crippen molar-refractivity contribution >= 4 is 11.8 Å². The molecule has 4 rings (SSSR count). The first-order chi connectivity index (χ1) is 10.2. The predicted molar refractivity (Wildman–Crippen MR) is 78.4 cm³/mol. The number of halogens is 2. The average molecular weight is 304 g/mol. The van der Waals surface area contributed by atoms with E-state index < -0.39 is 17.7 Å². The first-order valence-electron chi connectivity index (χ1n) is 7.09. The van der Waals surface area contributed by atoms with Gasteiger partial charge in [0.1, 0.15) is 6.10 Å². The van der Waals surface area contributed by atoms with Crippen molar-refractivity contribution in [3.63, 3.8) is 0 Å². The lowest BCUT2D eigenvalue weighted by Crippen LogP contribution is -2.05. The Hall–Kier alpha value is -1.39. The highest BCUT2D eigenvalue weighted by Crippen LogP contribution is 2.44. The van der Waals surface area contributed by atoms with Crippen LogP contribution in [0.1, 0.15) is 40.3 Å². The fraction of sp³-hybridized carbons (Fsp3) is 0.294. The van der Waals surface area contributed by atoms with E-state index in [1.807, 2.05) is 6.07 Å². The second-order valence-corrected chi connectivity index (χ2v) is 6.58. The Kier molecular flexibility index (Phi) is 3.05. The Morgan fingerprint density at radius 1 is 1.00 bits per heavy atom. The SMILES string of the molecule is OC1c2ccc(F)c(F)c2CSc2c1ccc1c2CCC1. The van der Waals surface area contributed by atoms with Crippen LogP contribution >= 0.6 is 11.8 Å². The molecule has 108 valence electrons. The quantitative estimate of drug-likeness (QED) is 0.789. The molecule has 0 amide bonds. The van der Waals surface area contributed by atoms with Crippen molar-refractivity contribution < 1.29 is 13.9 Å². The number of benzene rings is 2. The summed E-state index contributed by atoms with van der Waals surface area (Å²) < 4.78 is 27.5. The molecule has 2 aliphatic rings. The smallest absolute Gasteiger partial charge is 0.163 e. The fourth-order valence-corrected chi connectivity index (χ4v) is 4.69. The zero-order valence-corrected chi connectivity index (χ0v) is 12.1. The van der Waals surface area contributed by atoms with Crippen molar-refractivity contribution in [3.8, 4) is 0 Å². The molecule has 2 aromatic rings. The number of aliphatic hydroxyl groups excluding tert-OH is 1. The molecule has 1 nitrogen and oxygen atoms in total. The maximum absolute atomic E-state index is 14.0. The molecule has 1 heterocycles. The molecule has 0 fully saturated rings. The highest BCUT2D eigenvalue weighted by molar-refractivity contribution is 7.98. The van der Waals surface area contributed by atoms with Gasteiger partial charge in [-0.15, -0.1) is 11.8 Å². The first kappa shape index (κ1) is 13.3. The molecule has 2 aromatic carbocycles. The molecule has 0 spiro atoms. The van der Waals surface area contributed by atoms with E-state index in [1.54, 1.807) is 0 Å². The summed E-state index contributed by atoms with van der Waals surface area (Å²) in [6, 6.07) is 6.60. The summed E-state index contributed by atoms with van der Waals surface area (Å²) in [6.45, 7) is 0. The molecule has 1 atom stereocenters. The third-order valence-corrected chi connectivity index (χ3v) is 5.65. The number of hydrogen-bond donors (Lipinski definition) is 1. The second kappa shape index (κ2) is 4.82. The standard InChI is InChI=1S/C17H14F2OS/c18-14-7-6-11-13(15(14)19)8-21-17-10-3-1-2-9(10)4-5-12(17)16(11)20/h4-7,16,20H,1-3,8H2. The molecular weight excluding hydrogens is 290 g/mol. The summed E-state index contributed by atoms with van der Waals surface area (Å²) in [6.07, 6.45) is 2.31. The van der Waals surface area contributed by atoms with Gasteiger partial charge < -0.3 is 5.11 Å². The van der Waals surface area contributed by atoms with Gasteiger partial charge in [-0.1, -0.05) is 18.2 Å². The molecule has 0 radical (unpaired) electrons. The van der Waals surface area contributed by atoms with Crippen molar-refractivity contribution in [2.45, 2.75) is 36.0 Å². The van der Waals surface area contributed by atoms with Gasteiger partial charge in [-0.3, -0.25) is 0 Å². The van der Waals surface area contributed by atoms with Crippen molar-refractivity contribution in [3.05, 3.63) is 63.7 Å². The summed E-state index contributed by atoms with van der Waals surface area (Å²) in [5.74, 6) is -1.32. The minimum atomic E-state index is -0.883. The summed E-state index contributed by atoms with van der Waals surface area (Å²) in [4.78, 5) is 1.06. The van der Waals surface area contributed by atoms with E-state index in [9.17, 15) is 13.9 Å². The molecule has 1 aliphatic carbocycles. The Bertz CT molecular complexity index is 742. The third kappa shape index (κ3) is 1.93. The molecule has 1 N–H and O–H groups in total. The largest absolute Gasteiger partial charge is 0.384 e. The molecular formula is C17H14F2OS. The highest BCUT2D eigenvalue weighted by atomic mass is 32.2. The van der Waals surface area contributed by atoms with Crippen LogP contribution in [-0.4, -0.2) is 5.11 Å². The number of hydrogen-bond acceptors (Lipinski definition) is 2. The fourth-order valence-electron chi connectivity index (χ4n) is 3.36. The van der Waals surface area contributed by atoms with Crippen LogP contribution in [0.15, 0.2) is 29.2 Å². The molecule has 0 aromatic heterocycles. The molecule has 1 unspecified atom stereocenters. The summed E-state index contributed by atoms with van der Waals surface area (Å²) in [5.41, 5.74) is 4.20. The number of rotatable bonds is 0. The van der Waals surface area contributed by atoms with Crippen molar-refractivity contribution in [2.24, 2.45) is 0 Å². The maximum atomic E-state index is 14.0. The molecule has 1 aliphatic heterocycles. The van der Waals surface area contributed by atoms with Crippen molar-refractivity contribution in [1.82, 2.24) is 0 Å². The molecule has 4 heteroatoms. The van der Waals surface area contributed by atoms with E-state index in [2.05, 4.69) is 6.07 Å². The van der Waals surface area contributed by atoms with Gasteiger partial charge in [0.05, 0.1) is 0 Å². The first-order valence-corrected chi connectivity index (χ1v) is 8.07. The predicted octanol–water partition coefficient (Wildman–Crippen LogP) is 4.14. The Balaban J connectivity index is 1.91. The molecule has 0 saturated heterocycles. The number of aliphatic hydroxyl groups is 1. The van der Waals surface area contributed by atoms with Gasteiger partial charge >= 0.3 is 0 Å². The van der Waals surface area contributed by atoms with Crippen molar-refractivity contribution in [1.29, 1.82) is 0 Å². The normalized spacial score (nSPS) is 19.7. The van der Waals surface area contributed by atoms with Gasteiger partial charge in [0, 0.05) is 16.2 Å². The van der Waals surface area contributed by atoms with Crippen LogP contribution in [0.25, 0.3) is 0 Å². The number of thioether (sulfide) groups is 1. The van der Waals surface area contributed by atoms with Crippen LogP contribution in [-0.2, 0) is 18.6 Å². The van der Waals surface area contributed by atoms with E-state index >= 15 is 0 Å². The topological polar surface area (TPSA) is 20.2 Å². The molecule has 0 bridgehead atoms. The van der Waals surface area contributed by atoms with E-state index in [1.165, 1.54) is 29.0 Å². The third-order valence-electron chi connectivity index (χ3n) is 4.44. The molecule has 21 heavy (non-hydrogen) atoms. The minimum Gasteiger partial charge on any atom is -0.384 e. The molecule has 0 saturated carbocycles. The van der Waals surface area contributed by atoms with Crippen LogP contribution in [0, 0.1) is 11.6 Å². The van der Waals surface area contributed by atoms with Crippen LogP contribution < -0.4 is 0 Å². The lowest BCUT2D eigenvalue weighted by atomic mass is 9.95. The van der Waals surface area contributed by atoms with Crippen LogP contribution in [0.5, 0.6) is 0 Å². The Labute approximate surface area is 126 Å². The van der Waals surface area contributed by atoms with E-state index in [-0.39, 0.29) is 5.56 Å². The number of aryl methyl sites for hydroxylation is 1. The minimum absolute atomic E-state index is 0.287. The van der Waals surface area contributed by atoms with E-state index in [0.717, 1.165) is 35.8 Å². The van der Waals surface area contributed by atoms with Gasteiger partial charge in [0.15, 0.2) is 11.6 Å². The zero-order valence-electron chi connectivity index (χ0n) is 11.3. The summed E-state index contributed by atoms with van der Waals surface area (Å²) in [7, 11) is 0. The van der Waals surface area contributed by atoms with Gasteiger partial charge in [-0.25, -0.2) is 8.78 Å². The summed E-state index contributed by atoms with van der Waals surface area (Å²) in [5, 5.41) is 10.6. The monoisotopic (exact) mass is 304 g/mol. The highest BCUT2D eigenvalue weighted by Gasteiger charge is 2.29. The summed E-state index contributed by atoms with van der Waals surface area (Å²) >= 11 is 1.52. The lowest BCUT2D eigenvalue weighted by molar-refractivity contribution is 0.216. The Morgan fingerprint density at radius 3 is 2.67 bits per heavy atom.